The number of rotatable bonds is 8. The standard InChI is InChI=1S/C22H19N5O4S/c1-15-12-17(27(29)30)9-10-18(15)23-20(28)14-32-22-25-24-21(19-8-5-11-31-19)26(22)13-16-6-3-2-4-7-16/h2-12H,13-14H2,1H3,(H,23,28). The summed E-state index contributed by atoms with van der Waals surface area (Å²) in [6.45, 7) is 2.23. The van der Waals surface area contributed by atoms with E-state index in [4.69, 9.17) is 4.42 Å². The Morgan fingerprint density at radius 3 is 2.66 bits per heavy atom. The van der Waals surface area contributed by atoms with Gasteiger partial charge >= 0.3 is 0 Å². The number of nitro benzene ring substituents is 1. The summed E-state index contributed by atoms with van der Waals surface area (Å²) in [6.07, 6.45) is 1.57. The molecule has 2 aromatic carbocycles. The third-order valence-electron chi connectivity index (χ3n) is 4.67. The number of aromatic nitrogens is 3. The van der Waals surface area contributed by atoms with Crippen molar-refractivity contribution >= 4 is 29.0 Å². The van der Waals surface area contributed by atoms with Gasteiger partial charge in [0.1, 0.15) is 0 Å². The molecule has 0 saturated heterocycles. The second kappa shape index (κ2) is 9.48. The molecule has 0 atom stereocenters. The van der Waals surface area contributed by atoms with Crippen LogP contribution in [0.3, 0.4) is 0 Å². The monoisotopic (exact) mass is 449 g/mol. The van der Waals surface area contributed by atoms with Crippen molar-refractivity contribution in [2.45, 2.75) is 18.6 Å². The maximum absolute atomic E-state index is 12.5. The van der Waals surface area contributed by atoms with E-state index in [0.29, 0.717) is 34.5 Å². The number of benzene rings is 2. The number of carbonyl (C=O) groups is 1. The first-order valence-corrected chi connectivity index (χ1v) is 10.7. The van der Waals surface area contributed by atoms with E-state index in [9.17, 15) is 14.9 Å². The van der Waals surface area contributed by atoms with Crippen LogP contribution >= 0.6 is 11.8 Å². The van der Waals surface area contributed by atoms with E-state index in [0.717, 1.165) is 5.56 Å². The van der Waals surface area contributed by atoms with Gasteiger partial charge in [-0.25, -0.2) is 0 Å². The largest absolute Gasteiger partial charge is 0.461 e. The number of thioether (sulfide) groups is 1. The van der Waals surface area contributed by atoms with Crippen LogP contribution in [0.25, 0.3) is 11.6 Å². The molecular formula is C22H19N5O4S. The summed E-state index contributed by atoms with van der Waals surface area (Å²) in [5, 5.41) is 22.8. The third kappa shape index (κ3) is 4.86. The van der Waals surface area contributed by atoms with Gasteiger partial charge in [0, 0.05) is 17.8 Å². The molecule has 0 radical (unpaired) electrons. The van der Waals surface area contributed by atoms with Crippen molar-refractivity contribution in [1.29, 1.82) is 0 Å². The quantitative estimate of drug-likeness (QED) is 0.239. The minimum atomic E-state index is -0.468. The fraction of sp³-hybridized carbons (Fsp3) is 0.136. The number of aryl methyl sites for hydroxylation is 1. The predicted octanol–water partition coefficient (Wildman–Crippen LogP) is 4.53. The number of non-ortho nitro benzene ring substituents is 1. The molecule has 0 aliphatic heterocycles. The number of nitro groups is 1. The molecule has 10 heteroatoms. The number of hydrogen-bond donors (Lipinski definition) is 1. The normalized spacial score (nSPS) is 10.8. The van der Waals surface area contributed by atoms with Gasteiger partial charge in [-0.05, 0) is 36.2 Å². The molecule has 2 heterocycles. The molecule has 4 aromatic rings. The molecule has 0 saturated carbocycles. The SMILES string of the molecule is Cc1cc([N+](=O)[O-])ccc1NC(=O)CSc1nnc(-c2ccco2)n1Cc1ccccc1. The molecule has 1 amide bonds. The fourth-order valence-corrected chi connectivity index (χ4v) is 3.85. The Balaban J connectivity index is 1.49. The highest BCUT2D eigenvalue weighted by molar-refractivity contribution is 7.99. The lowest BCUT2D eigenvalue weighted by Crippen LogP contribution is -2.15. The van der Waals surface area contributed by atoms with Crippen molar-refractivity contribution in [2.75, 3.05) is 11.1 Å². The molecule has 0 aliphatic rings. The summed E-state index contributed by atoms with van der Waals surface area (Å²) < 4.78 is 7.40. The highest BCUT2D eigenvalue weighted by Crippen LogP contribution is 2.26. The first kappa shape index (κ1) is 21.3. The van der Waals surface area contributed by atoms with E-state index in [1.54, 1.807) is 19.3 Å². The molecule has 1 N–H and O–H groups in total. The van der Waals surface area contributed by atoms with E-state index < -0.39 is 4.92 Å². The Morgan fingerprint density at radius 2 is 1.97 bits per heavy atom. The maximum Gasteiger partial charge on any atom is 0.269 e. The zero-order valence-corrected chi connectivity index (χ0v) is 17.9. The molecule has 9 nitrogen and oxygen atoms in total. The van der Waals surface area contributed by atoms with Gasteiger partial charge in [0.2, 0.25) is 11.7 Å². The van der Waals surface area contributed by atoms with Crippen molar-refractivity contribution in [2.24, 2.45) is 0 Å². The summed E-state index contributed by atoms with van der Waals surface area (Å²) >= 11 is 1.25. The van der Waals surface area contributed by atoms with E-state index >= 15 is 0 Å². The highest BCUT2D eigenvalue weighted by atomic mass is 32.2. The first-order chi connectivity index (χ1) is 15.5. The number of amides is 1. The van der Waals surface area contributed by atoms with E-state index in [1.165, 1.54) is 30.0 Å². The van der Waals surface area contributed by atoms with Crippen molar-refractivity contribution in [3.63, 3.8) is 0 Å². The lowest BCUT2D eigenvalue weighted by Gasteiger charge is -2.10. The molecular weight excluding hydrogens is 430 g/mol. The summed E-state index contributed by atoms with van der Waals surface area (Å²) in [5.74, 6) is 1.02. The van der Waals surface area contributed by atoms with Gasteiger partial charge < -0.3 is 9.73 Å². The minimum absolute atomic E-state index is 0.0191. The zero-order chi connectivity index (χ0) is 22.5. The van der Waals surface area contributed by atoms with Crippen LogP contribution in [0.5, 0.6) is 0 Å². The van der Waals surface area contributed by atoms with Crippen LogP contribution in [0.2, 0.25) is 0 Å². The van der Waals surface area contributed by atoms with Crippen molar-refractivity contribution < 1.29 is 14.1 Å². The lowest BCUT2D eigenvalue weighted by atomic mass is 10.2. The third-order valence-corrected chi connectivity index (χ3v) is 5.64. The summed E-state index contributed by atoms with van der Waals surface area (Å²) in [4.78, 5) is 22.9. The van der Waals surface area contributed by atoms with Crippen LogP contribution in [0.4, 0.5) is 11.4 Å². The van der Waals surface area contributed by atoms with Crippen LogP contribution in [-0.4, -0.2) is 31.3 Å². The molecule has 0 unspecified atom stereocenters. The average Bonchev–Trinajstić information content (AvgIpc) is 3.44. The Bertz CT molecular complexity index is 1240. The van der Waals surface area contributed by atoms with Crippen LogP contribution in [0.15, 0.2) is 76.5 Å². The van der Waals surface area contributed by atoms with Gasteiger partial charge in [0.25, 0.3) is 5.69 Å². The van der Waals surface area contributed by atoms with Gasteiger partial charge in [0.15, 0.2) is 10.9 Å². The smallest absolute Gasteiger partial charge is 0.269 e. The van der Waals surface area contributed by atoms with Gasteiger partial charge in [-0.3, -0.25) is 19.5 Å². The molecule has 2 aromatic heterocycles. The number of anilines is 1. The van der Waals surface area contributed by atoms with Crippen molar-refractivity contribution in [3.05, 3.63) is 88.2 Å². The van der Waals surface area contributed by atoms with Crippen molar-refractivity contribution in [3.8, 4) is 11.6 Å². The lowest BCUT2D eigenvalue weighted by molar-refractivity contribution is -0.384. The molecule has 4 rings (SSSR count). The second-order valence-corrected chi connectivity index (χ2v) is 7.89. The highest BCUT2D eigenvalue weighted by Gasteiger charge is 2.18. The van der Waals surface area contributed by atoms with Crippen LogP contribution in [0, 0.1) is 17.0 Å². The molecule has 0 aliphatic carbocycles. The molecule has 0 bridgehead atoms. The van der Waals surface area contributed by atoms with Crippen LogP contribution < -0.4 is 5.32 Å². The van der Waals surface area contributed by atoms with E-state index in [-0.39, 0.29) is 17.3 Å². The number of hydrogen-bond acceptors (Lipinski definition) is 7. The molecule has 32 heavy (non-hydrogen) atoms. The van der Waals surface area contributed by atoms with Gasteiger partial charge in [-0.2, -0.15) is 0 Å². The average molecular weight is 449 g/mol. The van der Waals surface area contributed by atoms with Gasteiger partial charge in [0.05, 0.1) is 23.5 Å². The maximum atomic E-state index is 12.5. The summed E-state index contributed by atoms with van der Waals surface area (Å²) in [6, 6.07) is 17.8. The Kier molecular flexibility index (Phi) is 6.31. The molecule has 162 valence electrons. The topological polar surface area (TPSA) is 116 Å². The predicted molar refractivity (Wildman–Crippen MR) is 120 cm³/mol. The first-order valence-electron chi connectivity index (χ1n) is 9.70. The number of carbonyl (C=O) groups excluding carboxylic acids is 1. The van der Waals surface area contributed by atoms with Gasteiger partial charge in [-0.15, -0.1) is 10.2 Å². The van der Waals surface area contributed by atoms with Gasteiger partial charge in [-0.1, -0.05) is 42.1 Å². The van der Waals surface area contributed by atoms with E-state index in [2.05, 4.69) is 15.5 Å². The summed E-state index contributed by atoms with van der Waals surface area (Å²) in [5.41, 5.74) is 2.19. The van der Waals surface area contributed by atoms with Crippen LogP contribution in [0.1, 0.15) is 11.1 Å². The second-order valence-electron chi connectivity index (χ2n) is 6.95. The van der Waals surface area contributed by atoms with E-state index in [1.807, 2.05) is 41.0 Å². The Hall–Kier alpha value is -3.92. The minimum Gasteiger partial charge on any atom is -0.461 e. The zero-order valence-electron chi connectivity index (χ0n) is 17.1. The molecule has 0 fully saturated rings. The number of nitrogens with zero attached hydrogens (tertiary/aromatic N) is 4. The van der Waals surface area contributed by atoms with Crippen molar-refractivity contribution in [1.82, 2.24) is 14.8 Å². The fourth-order valence-electron chi connectivity index (χ4n) is 3.11. The number of nitrogens with one attached hydrogen (secondary N) is 1. The Morgan fingerprint density at radius 1 is 1.16 bits per heavy atom. The van der Waals surface area contributed by atoms with Crippen LogP contribution in [-0.2, 0) is 11.3 Å². The number of furan rings is 1. The Labute approximate surface area is 187 Å². The molecule has 0 spiro atoms. The summed E-state index contributed by atoms with van der Waals surface area (Å²) in [7, 11) is 0.